The Labute approximate surface area is 267 Å². The molecule has 0 saturated carbocycles. The van der Waals surface area contributed by atoms with Crippen molar-refractivity contribution in [1.82, 2.24) is 29.5 Å². The van der Waals surface area contributed by atoms with E-state index in [4.69, 9.17) is 8.92 Å². The smallest absolute Gasteiger partial charge is 0.444 e. The number of aryl methyl sites for hydroxylation is 2. The Kier molecular flexibility index (Phi) is 9.50. The van der Waals surface area contributed by atoms with Crippen molar-refractivity contribution in [1.29, 1.82) is 0 Å². The molecule has 0 radical (unpaired) electrons. The highest BCUT2D eigenvalue weighted by atomic mass is 32.2. The molecule has 0 aromatic carbocycles. The van der Waals surface area contributed by atoms with Crippen LogP contribution in [0.2, 0.25) is 0 Å². The van der Waals surface area contributed by atoms with Crippen LogP contribution in [0.3, 0.4) is 0 Å². The number of hydrogen-bond donors (Lipinski definition) is 0. The van der Waals surface area contributed by atoms with Gasteiger partial charge in [0.2, 0.25) is 5.82 Å². The Morgan fingerprint density at radius 1 is 1.02 bits per heavy atom. The standard InChI is InChI=1S/C29H43F3N8O5S/c1-19-16-33-36(5)25(19)20-7-9-38(10-8-20)23-15-24(35-26(34-23)29(30,31)32)40-17-21(22(40)18-44-46(6,42)43)37-11-13-39(14-12-37)27(41)45-28(2,3)4/h15-16,20-22H,7-14,17-18H2,1-6H3. The SMILES string of the molecule is Cc1cnn(C)c1C1CCN(c2cc(N3CC(N4CCN(C(=O)OC(C)(C)C)CC4)C3COS(C)(=O)=O)nc(C(F)(F)F)n2)CC1. The topological polar surface area (TPSA) is 126 Å². The lowest BCUT2D eigenvalue weighted by Crippen LogP contribution is -2.71. The first-order valence-corrected chi connectivity index (χ1v) is 17.2. The molecule has 3 aliphatic heterocycles. The van der Waals surface area contributed by atoms with E-state index >= 15 is 0 Å². The Hall–Kier alpha value is -3.18. The van der Waals surface area contributed by atoms with Crippen LogP contribution in [0.4, 0.5) is 29.6 Å². The highest BCUT2D eigenvalue weighted by molar-refractivity contribution is 7.85. The number of piperidine rings is 1. The molecule has 0 aliphatic carbocycles. The Balaban J connectivity index is 1.34. The molecule has 3 saturated heterocycles. The van der Waals surface area contributed by atoms with Crippen LogP contribution < -0.4 is 9.80 Å². The summed E-state index contributed by atoms with van der Waals surface area (Å²) in [5, 5.41) is 4.33. The first-order valence-electron chi connectivity index (χ1n) is 15.4. The van der Waals surface area contributed by atoms with E-state index in [0.29, 0.717) is 45.8 Å². The summed E-state index contributed by atoms with van der Waals surface area (Å²) in [4.78, 5) is 27.6. The number of nitrogens with zero attached hydrogens (tertiary/aromatic N) is 8. The average molecular weight is 673 g/mol. The summed E-state index contributed by atoms with van der Waals surface area (Å²) in [5.74, 6) is -0.777. The van der Waals surface area contributed by atoms with E-state index in [9.17, 15) is 26.4 Å². The summed E-state index contributed by atoms with van der Waals surface area (Å²) in [6.07, 6.45) is -0.979. The van der Waals surface area contributed by atoms with Gasteiger partial charge in [-0.15, -0.1) is 0 Å². The normalized spacial score (nSPS) is 22.2. The van der Waals surface area contributed by atoms with Crippen LogP contribution in [0.1, 0.15) is 56.6 Å². The molecule has 2 aromatic rings. The van der Waals surface area contributed by atoms with Crippen molar-refractivity contribution in [3.8, 4) is 0 Å². The minimum atomic E-state index is -4.78. The molecule has 5 rings (SSSR count). The monoisotopic (exact) mass is 672 g/mol. The van der Waals surface area contributed by atoms with Gasteiger partial charge in [-0.05, 0) is 46.1 Å². The molecule has 13 nitrogen and oxygen atoms in total. The predicted molar refractivity (Wildman–Crippen MR) is 164 cm³/mol. The molecule has 1 amide bonds. The van der Waals surface area contributed by atoms with E-state index in [2.05, 4.69) is 20.0 Å². The van der Waals surface area contributed by atoms with Crippen LogP contribution in [-0.2, 0) is 32.3 Å². The van der Waals surface area contributed by atoms with E-state index in [1.165, 1.54) is 0 Å². The van der Waals surface area contributed by atoms with Gasteiger partial charge in [0.25, 0.3) is 10.1 Å². The molecule has 5 heterocycles. The van der Waals surface area contributed by atoms with Gasteiger partial charge >= 0.3 is 12.3 Å². The second kappa shape index (κ2) is 12.8. The van der Waals surface area contributed by atoms with Crippen LogP contribution in [0, 0.1) is 6.92 Å². The minimum Gasteiger partial charge on any atom is -0.444 e. The summed E-state index contributed by atoms with van der Waals surface area (Å²) in [7, 11) is -1.93. The molecule has 256 valence electrons. The fourth-order valence-electron chi connectivity index (χ4n) is 6.49. The molecule has 2 unspecified atom stereocenters. The van der Waals surface area contributed by atoms with Crippen molar-refractivity contribution in [2.75, 3.05) is 68.5 Å². The molecule has 3 fully saturated rings. The zero-order valence-electron chi connectivity index (χ0n) is 27.1. The molecule has 0 bridgehead atoms. The van der Waals surface area contributed by atoms with Gasteiger partial charge in [0.05, 0.1) is 31.1 Å². The minimum absolute atomic E-state index is 0.0627. The van der Waals surface area contributed by atoms with Crippen LogP contribution in [0.15, 0.2) is 12.3 Å². The molecule has 46 heavy (non-hydrogen) atoms. The first-order chi connectivity index (χ1) is 21.4. The van der Waals surface area contributed by atoms with Gasteiger partial charge in [-0.25, -0.2) is 14.8 Å². The Bertz CT molecular complexity index is 1490. The van der Waals surface area contributed by atoms with Crippen LogP contribution in [0.25, 0.3) is 0 Å². The molecule has 3 aliphatic rings. The molecule has 2 atom stereocenters. The number of anilines is 2. The molecular formula is C29H43F3N8O5S. The maximum atomic E-state index is 14.1. The van der Waals surface area contributed by atoms with Gasteiger partial charge in [-0.3, -0.25) is 13.8 Å². The maximum absolute atomic E-state index is 14.1. The number of halogens is 3. The van der Waals surface area contributed by atoms with Gasteiger partial charge in [-0.2, -0.15) is 26.7 Å². The fourth-order valence-corrected chi connectivity index (χ4v) is 6.88. The second-order valence-corrected chi connectivity index (χ2v) is 14.9. The first kappa shape index (κ1) is 34.2. The summed E-state index contributed by atoms with van der Waals surface area (Å²) in [5.41, 5.74) is 1.59. The maximum Gasteiger partial charge on any atom is 0.451 e. The number of piperazine rings is 1. The van der Waals surface area contributed by atoms with Gasteiger partial charge in [0, 0.05) is 70.5 Å². The summed E-state index contributed by atoms with van der Waals surface area (Å²) < 4.78 is 78.6. The van der Waals surface area contributed by atoms with Crippen LogP contribution in [0.5, 0.6) is 0 Å². The third-order valence-corrected chi connectivity index (χ3v) is 9.31. The van der Waals surface area contributed by atoms with Crippen molar-refractivity contribution in [2.24, 2.45) is 7.05 Å². The quantitative estimate of drug-likeness (QED) is 0.403. The number of alkyl halides is 3. The fraction of sp³-hybridized carbons (Fsp3) is 0.724. The summed E-state index contributed by atoms with van der Waals surface area (Å²) in [6, 6.07) is 0.730. The lowest BCUT2D eigenvalue weighted by Gasteiger charge is -2.54. The second-order valence-electron chi connectivity index (χ2n) is 13.3. The molecule has 17 heteroatoms. The van der Waals surface area contributed by atoms with Crippen molar-refractivity contribution in [3.63, 3.8) is 0 Å². The Morgan fingerprint density at radius 2 is 1.65 bits per heavy atom. The third kappa shape index (κ3) is 7.85. The largest absolute Gasteiger partial charge is 0.451 e. The summed E-state index contributed by atoms with van der Waals surface area (Å²) in [6.45, 7) is 10.2. The van der Waals surface area contributed by atoms with E-state index in [-0.39, 0.29) is 30.2 Å². The third-order valence-electron chi connectivity index (χ3n) is 8.75. The summed E-state index contributed by atoms with van der Waals surface area (Å²) >= 11 is 0. The molecular weight excluding hydrogens is 629 g/mol. The zero-order chi connectivity index (χ0) is 33.6. The lowest BCUT2D eigenvalue weighted by atomic mass is 9.91. The van der Waals surface area contributed by atoms with E-state index in [0.717, 1.165) is 30.4 Å². The van der Waals surface area contributed by atoms with Crippen LogP contribution in [-0.4, -0.2) is 120 Å². The van der Waals surface area contributed by atoms with Crippen molar-refractivity contribution in [3.05, 3.63) is 29.3 Å². The number of carbonyl (C=O) groups is 1. The average Bonchev–Trinajstić information content (AvgIpc) is 3.28. The number of aromatic nitrogens is 4. The van der Waals surface area contributed by atoms with Crippen molar-refractivity contribution in [2.45, 2.75) is 70.3 Å². The number of amides is 1. The lowest BCUT2D eigenvalue weighted by molar-refractivity contribution is -0.144. The van der Waals surface area contributed by atoms with E-state index in [1.807, 2.05) is 29.7 Å². The predicted octanol–water partition coefficient (Wildman–Crippen LogP) is 3.01. The number of hydrogen-bond acceptors (Lipinski definition) is 11. The number of rotatable bonds is 7. The zero-order valence-corrected chi connectivity index (χ0v) is 27.9. The molecule has 0 N–H and O–H groups in total. The van der Waals surface area contributed by atoms with Gasteiger partial charge in [0.15, 0.2) is 0 Å². The van der Waals surface area contributed by atoms with Crippen LogP contribution >= 0.6 is 0 Å². The van der Waals surface area contributed by atoms with Crippen molar-refractivity contribution < 1.29 is 35.3 Å². The Morgan fingerprint density at radius 3 is 2.20 bits per heavy atom. The van der Waals surface area contributed by atoms with Crippen molar-refractivity contribution >= 4 is 27.8 Å². The number of ether oxygens (including phenoxy) is 1. The highest BCUT2D eigenvalue weighted by Gasteiger charge is 2.46. The number of carbonyl (C=O) groups excluding carboxylic acids is 1. The van der Waals surface area contributed by atoms with Gasteiger partial charge in [-0.1, -0.05) is 0 Å². The van der Waals surface area contributed by atoms with Gasteiger partial charge in [0.1, 0.15) is 17.2 Å². The molecule has 0 spiro atoms. The highest BCUT2D eigenvalue weighted by Crippen LogP contribution is 2.37. The van der Waals surface area contributed by atoms with E-state index < -0.39 is 39.9 Å². The van der Waals surface area contributed by atoms with E-state index in [1.54, 1.807) is 36.6 Å². The molecule has 2 aromatic heterocycles. The van der Waals surface area contributed by atoms with Gasteiger partial charge < -0.3 is 19.4 Å².